The lowest BCUT2D eigenvalue weighted by Gasteiger charge is -2.18. The van der Waals surface area contributed by atoms with Crippen LogP contribution in [0, 0.1) is 0 Å². The Bertz CT molecular complexity index is 1200. The molecule has 2 aliphatic heterocycles. The van der Waals surface area contributed by atoms with E-state index in [9.17, 15) is 18.0 Å². The van der Waals surface area contributed by atoms with Gasteiger partial charge in [0, 0.05) is 24.0 Å². The van der Waals surface area contributed by atoms with Crippen molar-refractivity contribution in [2.24, 2.45) is 10.3 Å². The number of nitrogens with zero attached hydrogens (tertiary/aromatic N) is 2. The fraction of sp³-hybridized carbons (Fsp3) is 0.318. The number of halogens is 4. The van der Waals surface area contributed by atoms with Crippen LogP contribution in [-0.4, -0.2) is 44.9 Å². The first-order valence-electron chi connectivity index (χ1n) is 10.2. The minimum Gasteiger partial charge on any atom is -0.492 e. The SMILES string of the molecule is COc1c(Br)c(C[C@@H]2CC(C(=O)N/N=C/c3ccccc3C(F)(F)F)=NO2)c(OC)c2c1OCO2. The van der Waals surface area contributed by atoms with E-state index in [1.807, 2.05) is 0 Å². The summed E-state index contributed by atoms with van der Waals surface area (Å²) in [5.74, 6) is 0.974. The third-order valence-electron chi connectivity index (χ3n) is 5.23. The maximum absolute atomic E-state index is 13.1. The van der Waals surface area contributed by atoms with Crippen molar-refractivity contribution >= 4 is 33.8 Å². The van der Waals surface area contributed by atoms with E-state index in [1.165, 1.54) is 32.4 Å². The van der Waals surface area contributed by atoms with Crippen molar-refractivity contribution < 1.29 is 41.8 Å². The van der Waals surface area contributed by atoms with E-state index in [0.29, 0.717) is 33.0 Å². The summed E-state index contributed by atoms with van der Waals surface area (Å²) in [7, 11) is 2.98. The highest BCUT2D eigenvalue weighted by atomic mass is 79.9. The largest absolute Gasteiger partial charge is 0.492 e. The van der Waals surface area contributed by atoms with E-state index in [1.54, 1.807) is 0 Å². The molecule has 0 aliphatic carbocycles. The average Bonchev–Trinajstić information content (AvgIpc) is 3.49. The Kier molecular flexibility index (Phi) is 7.05. The maximum atomic E-state index is 13.1. The zero-order chi connectivity index (χ0) is 25.2. The van der Waals surface area contributed by atoms with Gasteiger partial charge in [0.15, 0.2) is 11.5 Å². The Labute approximate surface area is 205 Å². The molecule has 1 atom stereocenters. The molecule has 0 bridgehead atoms. The van der Waals surface area contributed by atoms with Crippen molar-refractivity contribution in [2.75, 3.05) is 21.0 Å². The van der Waals surface area contributed by atoms with Crippen molar-refractivity contribution in [1.29, 1.82) is 0 Å². The Hall–Kier alpha value is -3.48. The molecule has 35 heavy (non-hydrogen) atoms. The van der Waals surface area contributed by atoms with Crippen LogP contribution in [0.1, 0.15) is 23.1 Å². The van der Waals surface area contributed by atoms with Crippen molar-refractivity contribution in [3.8, 4) is 23.0 Å². The maximum Gasteiger partial charge on any atom is 0.417 e. The molecule has 0 unspecified atom stereocenters. The number of alkyl halides is 3. The van der Waals surface area contributed by atoms with Gasteiger partial charge in [-0.3, -0.25) is 4.79 Å². The van der Waals surface area contributed by atoms with Crippen LogP contribution in [0.15, 0.2) is 39.0 Å². The normalized spacial score (nSPS) is 16.7. The number of benzene rings is 2. The highest BCUT2D eigenvalue weighted by Crippen LogP contribution is 2.54. The van der Waals surface area contributed by atoms with E-state index in [4.69, 9.17) is 23.8 Å². The molecule has 4 rings (SSSR count). The van der Waals surface area contributed by atoms with Crippen LogP contribution >= 0.6 is 15.9 Å². The molecule has 0 spiro atoms. The average molecular weight is 558 g/mol. The number of hydrogen-bond donors (Lipinski definition) is 1. The van der Waals surface area contributed by atoms with Gasteiger partial charge in [-0.15, -0.1) is 0 Å². The van der Waals surface area contributed by atoms with Gasteiger partial charge in [-0.25, -0.2) is 5.43 Å². The molecule has 2 heterocycles. The van der Waals surface area contributed by atoms with Gasteiger partial charge in [-0.2, -0.15) is 18.3 Å². The quantitative estimate of drug-likeness (QED) is 0.407. The summed E-state index contributed by atoms with van der Waals surface area (Å²) in [5, 5.41) is 7.44. The zero-order valence-corrected chi connectivity index (χ0v) is 20.0. The van der Waals surface area contributed by atoms with Gasteiger partial charge in [0.05, 0.1) is 30.5 Å². The molecule has 0 saturated heterocycles. The first-order chi connectivity index (χ1) is 16.7. The van der Waals surface area contributed by atoms with Gasteiger partial charge in [0.2, 0.25) is 18.3 Å². The molecule has 2 aromatic rings. The predicted molar refractivity (Wildman–Crippen MR) is 121 cm³/mol. The van der Waals surface area contributed by atoms with Crippen molar-refractivity contribution in [1.82, 2.24) is 5.43 Å². The monoisotopic (exact) mass is 557 g/mol. The number of methoxy groups -OCH3 is 2. The van der Waals surface area contributed by atoms with Crippen LogP contribution in [0.25, 0.3) is 0 Å². The van der Waals surface area contributed by atoms with Crippen molar-refractivity contribution in [3.63, 3.8) is 0 Å². The molecule has 0 radical (unpaired) electrons. The highest BCUT2D eigenvalue weighted by molar-refractivity contribution is 9.10. The number of amides is 1. The lowest BCUT2D eigenvalue weighted by molar-refractivity contribution is -0.137. The Morgan fingerprint density at radius 2 is 1.91 bits per heavy atom. The molecule has 2 aliphatic rings. The Morgan fingerprint density at radius 1 is 1.23 bits per heavy atom. The summed E-state index contributed by atoms with van der Waals surface area (Å²) in [6, 6.07) is 4.89. The van der Waals surface area contributed by atoms with E-state index in [0.717, 1.165) is 12.3 Å². The summed E-state index contributed by atoms with van der Waals surface area (Å²) in [5.41, 5.74) is 1.84. The number of carbonyl (C=O) groups excluding carboxylic acids is 1. The van der Waals surface area contributed by atoms with Gasteiger partial charge >= 0.3 is 6.18 Å². The Morgan fingerprint density at radius 3 is 2.60 bits per heavy atom. The second-order valence-corrected chi connectivity index (χ2v) is 8.17. The van der Waals surface area contributed by atoms with E-state index in [2.05, 4.69) is 31.6 Å². The number of carbonyl (C=O) groups is 1. The first kappa shape index (κ1) is 24.6. The number of hydrogen-bond acceptors (Lipinski definition) is 8. The van der Waals surface area contributed by atoms with Gasteiger partial charge in [-0.05, 0) is 22.0 Å². The molecule has 1 N–H and O–H groups in total. The number of hydrazone groups is 1. The van der Waals surface area contributed by atoms with Crippen LogP contribution in [-0.2, 0) is 22.2 Å². The summed E-state index contributed by atoms with van der Waals surface area (Å²) < 4.78 is 61.8. The van der Waals surface area contributed by atoms with E-state index in [-0.39, 0.29) is 30.9 Å². The molecular weight excluding hydrogens is 539 g/mol. The van der Waals surface area contributed by atoms with Gasteiger partial charge < -0.3 is 23.8 Å². The molecule has 0 fully saturated rings. The fourth-order valence-electron chi connectivity index (χ4n) is 3.66. The number of fused-ring (bicyclic) bond motifs is 1. The standard InChI is InChI=1S/C22H19BrF3N3O6/c1-31-17-13(16(23)18(32-2)20-19(17)33-10-34-20)7-12-8-15(29-35-12)21(30)28-27-9-11-5-3-4-6-14(11)22(24,25)26/h3-6,9,12H,7-8,10H2,1-2H3,(H,28,30)/b27-9+/t12-/m1/s1. The van der Waals surface area contributed by atoms with Crippen LogP contribution in [0.2, 0.25) is 0 Å². The molecule has 2 aromatic carbocycles. The topological polar surface area (TPSA) is 100.0 Å². The minimum atomic E-state index is -4.55. The third-order valence-corrected chi connectivity index (χ3v) is 6.07. The van der Waals surface area contributed by atoms with Crippen molar-refractivity contribution in [2.45, 2.75) is 25.1 Å². The Balaban J connectivity index is 1.43. The molecule has 1 amide bonds. The first-order valence-corrected chi connectivity index (χ1v) is 11.0. The van der Waals surface area contributed by atoms with Gasteiger partial charge in [0.25, 0.3) is 5.91 Å². The van der Waals surface area contributed by atoms with Crippen LogP contribution in [0.3, 0.4) is 0 Å². The lowest BCUT2D eigenvalue weighted by atomic mass is 10.0. The van der Waals surface area contributed by atoms with E-state index >= 15 is 0 Å². The molecule has 186 valence electrons. The number of ether oxygens (including phenoxy) is 4. The van der Waals surface area contributed by atoms with Crippen LogP contribution in [0.5, 0.6) is 23.0 Å². The third kappa shape index (κ3) is 4.99. The molecular formula is C22H19BrF3N3O6. The summed E-state index contributed by atoms with van der Waals surface area (Å²) >= 11 is 3.50. The summed E-state index contributed by atoms with van der Waals surface area (Å²) in [4.78, 5) is 17.8. The minimum absolute atomic E-state index is 0.0132. The molecule has 0 saturated carbocycles. The fourth-order valence-corrected chi connectivity index (χ4v) is 4.35. The number of oxime groups is 1. The molecule has 0 aromatic heterocycles. The number of nitrogens with one attached hydrogen (secondary N) is 1. The van der Waals surface area contributed by atoms with Gasteiger partial charge in [0.1, 0.15) is 11.8 Å². The smallest absolute Gasteiger partial charge is 0.417 e. The van der Waals surface area contributed by atoms with Gasteiger partial charge in [-0.1, -0.05) is 23.4 Å². The second kappa shape index (κ2) is 10.0. The lowest BCUT2D eigenvalue weighted by Crippen LogP contribution is -2.27. The van der Waals surface area contributed by atoms with Crippen molar-refractivity contribution in [3.05, 3.63) is 45.4 Å². The zero-order valence-electron chi connectivity index (χ0n) is 18.4. The van der Waals surface area contributed by atoms with Crippen LogP contribution in [0.4, 0.5) is 13.2 Å². The number of rotatable bonds is 7. The predicted octanol–water partition coefficient (Wildman–Crippen LogP) is 4.05. The molecule has 9 nitrogen and oxygen atoms in total. The summed E-state index contributed by atoms with van der Waals surface area (Å²) in [6.45, 7) is 0.0132. The van der Waals surface area contributed by atoms with Crippen LogP contribution < -0.4 is 24.4 Å². The second-order valence-electron chi connectivity index (χ2n) is 7.38. The van der Waals surface area contributed by atoms with E-state index < -0.39 is 23.8 Å². The molecule has 13 heteroatoms. The summed E-state index contributed by atoms with van der Waals surface area (Å²) in [6.07, 6.45) is -3.74. The highest BCUT2D eigenvalue weighted by Gasteiger charge is 2.35.